The third-order valence-corrected chi connectivity index (χ3v) is 5.25. The van der Waals surface area contributed by atoms with Gasteiger partial charge in [0, 0.05) is 39.8 Å². The number of carbonyl (C=O) groups excluding carboxylic acids is 1. The van der Waals surface area contributed by atoms with Gasteiger partial charge in [-0.25, -0.2) is 0 Å². The Hall–Kier alpha value is -1.75. The molecule has 2 heterocycles. The van der Waals surface area contributed by atoms with Crippen LogP contribution in [0.15, 0.2) is 29.3 Å². The Morgan fingerprint density at radius 1 is 1.23 bits per heavy atom. The van der Waals surface area contributed by atoms with Crippen LogP contribution in [0.5, 0.6) is 11.5 Å². The summed E-state index contributed by atoms with van der Waals surface area (Å²) in [5, 5.41) is 3.38. The number of methoxy groups -OCH3 is 1. The zero-order valence-electron chi connectivity index (χ0n) is 18.0. The van der Waals surface area contributed by atoms with E-state index in [0.717, 1.165) is 43.4 Å². The maximum atomic E-state index is 12.5. The van der Waals surface area contributed by atoms with Gasteiger partial charge in [0.25, 0.3) is 5.91 Å². The predicted molar refractivity (Wildman–Crippen MR) is 127 cm³/mol. The molecule has 2 aliphatic heterocycles. The van der Waals surface area contributed by atoms with E-state index in [-0.39, 0.29) is 42.1 Å². The fourth-order valence-electron chi connectivity index (χ4n) is 3.66. The molecule has 0 saturated carbocycles. The summed E-state index contributed by atoms with van der Waals surface area (Å²) in [6.45, 7) is 6.19. The van der Waals surface area contributed by atoms with Crippen molar-refractivity contribution in [2.45, 2.75) is 32.0 Å². The van der Waals surface area contributed by atoms with Crippen molar-refractivity contribution < 1.29 is 19.0 Å². The van der Waals surface area contributed by atoms with E-state index in [9.17, 15) is 4.79 Å². The average molecular weight is 532 g/mol. The van der Waals surface area contributed by atoms with E-state index in [1.54, 1.807) is 14.2 Å². The summed E-state index contributed by atoms with van der Waals surface area (Å²) < 4.78 is 16.9. The van der Waals surface area contributed by atoms with Crippen molar-refractivity contribution in [2.75, 3.05) is 53.5 Å². The quantitative estimate of drug-likeness (QED) is 0.343. The van der Waals surface area contributed by atoms with Crippen molar-refractivity contribution in [1.29, 1.82) is 0 Å². The largest absolute Gasteiger partial charge is 0.493 e. The van der Waals surface area contributed by atoms with E-state index in [1.807, 2.05) is 36.1 Å². The molecule has 0 aromatic heterocycles. The molecule has 2 atom stereocenters. The molecule has 30 heavy (non-hydrogen) atoms. The third-order valence-electron chi connectivity index (χ3n) is 5.25. The highest BCUT2D eigenvalue weighted by atomic mass is 127. The highest BCUT2D eigenvalue weighted by Crippen LogP contribution is 2.26. The van der Waals surface area contributed by atoms with Crippen molar-refractivity contribution in [3.8, 4) is 11.5 Å². The van der Waals surface area contributed by atoms with E-state index in [2.05, 4.69) is 15.2 Å². The van der Waals surface area contributed by atoms with Gasteiger partial charge in [-0.2, -0.15) is 0 Å². The maximum absolute atomic E-state index is 12.5. The number of benzene rings is 1. The van der Waals surface area contributed by atoms with E-state index < -0.39 is 0 Å². The summed E-state index contributed by atoms with van der Waals surface area (Å²) in [6, 6.07) is 7.62. The first-order chi connectivity index (χ1) is 14.1. The van der Waals surface area contributed by atoms with Gasteiger partial charge >= 0.3 is 0 Å². The number of para-hydroxylation sites is 2. The second-order valence-corrected chi connectivity index (χ2v) is 7.32. The summed E-state index contributed by atoms with van der Waals surface area (Å²) in [6.07, 6.45) is 1.51. The minimum absolute atomic E-state index is 0. The van der Waals surface area contributed by atoms with E-state index in [4.69, 9.17) is 14.2 Å². The topological polar surface area (TPSA) is 75.6 Å². The Morgan fingerprint density at radius 3 is 2.50 bits per heavy atom. The smallest absolute Gasteiger partial charge is 0.251 e. The summed E-state index contributed by atoms with van der Waals surface area (Å²) >= 11 is 0. The average Bonchev–Trinajstić information content (AvgIpc) is 3.29. The van der Waals surface area contributed by atoms with Gasteiger partial charge in [-0.3, -0.25) is 9.79 Å². The number of amides is 1. The lowest BCUT2D eigenvalue weighted by Gasteiger charge is -2.37. The molecule has 0 spiro atoms. The number of ether oxygens (including phenoxy) is 3. The molecule has 1 aromatic rings. The zero-order valence-corrected chi connectivity index (χ0v) is 20.3. The molecular formula is C21H33IN4O4. The number of nitrogens with one attached hydrogen (secondary N) is 1. The van der Waals surface area contributed by atoms with Gasteiger partial charge in [0.2, 0.25) is 0 Å². The fraction of sp³-hybridized carbons (Fsp3) is 0.619. The molecule has 0 aliphatic carbocycles. The molecule has 0 bridgehead atoms. The van der Waals surface area contributed by atoms with Crippen molar-refractivity contribution in [2.24, 2.45) is 4.99 Å². The Labute approximate surface area is 196 Å². The molecule has 9 heteroatoms. The number of carbonyl (C=O) groups is 1. The molecule has 1 N–H and O–H groups in total. The van der Waals surface area contributed by atoms with Crippen LogP contribution < -0.4 is 14.8 Å². The first-order valence-corrected chi connectivity index (χ1v) is 10.3. The van der Waals surface area contributed by atoms with E-state index in [0.29, 0.717) is 26.2 Å². The van der Waals surface area contributed by atoms with Crippen LogP contribution in [0.4, 0.5) is 0 Å². The first kappa shape index (κ1) is 24.5. The van der Waals surface area contributed by atoms with Gasteiger partial charge < -0.3 is 29.3 Å². The lowest BCUT2D eigenvalue weighted by molar-refractivity contribution is -0.142. The van der Waals surface area contributed by atoms with Crippen LogP contribution in [0, 0.1) is 0 Å². The standard InChI is InChI=1S/C21H32N4O4.HI/c1-16(29-18-8-5-4-7-17(18)27-3)15-23-21(22-2)25-12-10-24(11-13-25)20(26)19-9-6-14-28-19;/h4-5,7-8,16,19H,6,9-15H2,1-3H3,(H,22,23);1H. The molecular weight excluding hydrogens is 499 g/mol. The lowest BCUT2D eigenvalue weighted by Crippen LogP contribution is -2.55. The number of guanidine groups is 1. The second kappa shape index (κ2) is 12.2. The van der Waals surface area contributed by atoms with Gasteiger partial charge in [-0.1, -0.05) is 12.1 Å². The highest BCUT2D eigenvalue weighted by Gasteiger charge is 2.30. The number of hydrogen-bond acceptors (Lipinski definition) is 5. The van der Waals surface area contributed by atoms with Crippen LogP contribution >= 0.6 is 24.0 Å². The van der Waals surface area contributed by atoms with Crippen LogP contribution in [-0.4, -0.2) is 87.4 Å². The number of halogens is 1. The minimum Gasteiger partial charge on any atom is -0.493 e. The number of nitrogens with zero attached hydrogens (tertiary/aromatic N) is 3. The van der Waals surface area contributed by atoms with Crippen LogP contribution in [0.25, 0.3) is 0 Å². The van der Waals surface area contributed by atoms with Crippen molar-refractivity contribution in [3.63, 3.8) is 0 Å². The monoisotopic (exact) mass is 532 g/mol. The molecule has 1 amide bonds. The summed E-state index contributed by atoms with van der Waals surface area (Å²) in [5.41, 5.74) is 0. The van der Waals surface area contributed by atoms with Crippen LogP contribution in [-0.2, 0) is 9.53 Å². The number of rotatable bonds is 6. The molecule has 2 aliphatic rings. The normalized spacial score (nSPS) is 20.4. The first-order valence-electron chi connectivity index (χ1n) is 10.3. The molecule has 168 valence electrons. The maximum Gasteiger partial charge on any atom is 0.251 e. The highest BCUT2D eigenvalue weighted by molar-refractivity contribution is 14.0. The molecule has 8 nitrogen and oxygen atoms in total. The Balaban J connectivity index is 0.00000320. The van der Waals surface area contributed by atoms with E-state index in [1.165, 1.54) is 0 Å². The molecule has 3 rings (SSSR count). The van der Waals surface area contributed by atoms with Gasteiger partial charge in [0.15, 0.2) is 17.5 Å². The Kier molecular flexibility index (Phi) is 9.96. The fourth-order valence-corrected chi connectivity index (χ4v) is 3.66. The molecule has 1 aromatic carbocycles. The predicted octanol–water partition coefficient (Wildman–Crippen LogP) is 1.98. The Bertz CT molecular complexity index is 704. The second-order valence-electron chi connectivity index (χ2n) is 7.32. The summed E-state index contributed by atoms with van der Waals surface area (Å²) in [7, 11) is 3.41. The summed E-state index contributed by atoms with van der Waals surface area (Å²) in [5.74, 6) is 2.39. The molecule has 0 radical (unpaired) electrons. The zero-order chi connectivity index (χ0) is 20.6. The van der Waals surface area contributed by atoms with Crippen molar-refractivity contribution in [1.82, 2.24) is 15.1 Å². The number of aliphatic imine (C=N–C) groups is 1. The van der Waals surface area contributed by atoms with E-state index >= 15 is 0 Å². The number of piperazine rings is 1. The van der Waals surface area contributed by atoms with Gasteiger partial charge in [-0.05, 0) is 31.9 Å². The molecule has 2 fully saturated rings. The number of hydrogen-bond donors (Lipinski definition) is 1. The van der Waals surface area contributed by atoms with Gasteiger partial charge in [0.1, 0.15) is 12.2 Å². The SMILES string of the molecule is CN=C(NCC(C)Oc1ccccc1OC)N1CCN(C(=O)C2CCCO2)CC1.I. The lowest BCUT2D eigenvalue weighted by atomic mass is 10.2. The van der Waals surface area contributed by atoms with Gasteiger partial charge in [0.05, 0.1) is 13.7 Å². The van der Waals surface area contributed by atoms with Crippen LogP contribution in [0.3, 0.4) is 0 Å². The van der Waals surface area contributed by atoms with Crippen LogP contribution in [0.1, 0.15) is 19.8 Å². The minimum atomic E-state index is -0.244. The van der Waals surface area contributed by atoms with Crippen molar-refractivity contribution in [3.05, 3.63) is 24.3 Å². The van der Waals surface area contributed by atoms with Crippen molar-refractivity contribution >= 4 is 35.8 Å². The molecule has 2 unspecified atom stereocenters. The molecule has 2 saturated heterocycles. The van der Waals surface area contributed by atoms with Crippen LogP contribution in [0.2, 0.25) is 0 Å². The van der Waals surface area contributed by atoms with Gasteiger partial charge in [-0.15, -0.1) is 24.0 Å². The third kappa shape index (κ3) is 6.37. The Morgan fingerprint density at radius 2 is 1.90 bits per heavy atom. The summed E-state index contributed by atoms with van der Waals surface area (Å²) in [4.78, 5) is 21.0.